The number of hydrogen-bond donors (Lipinski definition) is 1. The van der Waals surface area contributed by atoms with Crippen molar-refractivity contribution in [3.63, 3.8) is 0 Å². The monoisotopic (exact) mass is 395 g/mol. The molecule has 122 valence electrons. The van der Waals surface area contributed by atoms with E-state index < -0.39 is 0 Å². The summed E-state index contributed by atoms with van der Waals surface area (Å²) < 4.78 is 12.3. The Morgan fingerprint density at radius 1 is 1.13 bits per heavy atom. The second-order valence-electron chi connectivity index (χ2n) is 4.74. The summed E-state index contributed by atoms with van der Waals surface area (Å²) in [6, 6.07) is 15.0. The van der Waals surface area contributed by atoms with Crippen molar-refractivity contribution in [3.8, 4) is 17.2 Å². The molecule has 0 spiro atoms. The number of hydrogen-bond acceptors (Lipinski definition) is 3. The van der Waals surface area contributed by atoms with Crippen molar-refractivity contribution in [2.24, 2.45) is 0 Å². The molecule has 0 aliphatic rings. The molecule has 2 aromatic rings. The molecule has 0 saturated heterocycles. The topological polar surface area (TPSA) is 38.8 Å². The highest BCUT2D eigenvalue weighted by Gasteiger charge is 2.06. The molecule has 23 heavy (non-hydrogen) atoms. The second kappa shape index (κ2) is 8.84. The minimum Gasteiger partial charge on any atom is -0.492 e. The van der Waals surface area contributed by atoms with Crippen LogP contribution in [-0.4, -0.2) is 29.8 Å². The normalized spacial score (nSPS) is 10.2. The van der Waals surface area contributed by atoms with Crippen molar-refractivity contribution in [3.05, 3.63) is 53.0 Å². The van der Waals surface area contributed by atoms with E-state index in [1.54, 1.807) is 4.90 Å². The SMILES string of the molecule is CCN(CCOc1ccc(Oc2cccc(Br)c2)cc1)C(=O)S. The Kier molecular flexibility index (Phi) is 6.80. The minimum absolute atomic E-state index is 0.242. The first-order valence-corrected chi connectivity index (χ1v) is 8.46. The van der Waals surface area contributed by atoms with Gasteiger partial charge in [-0.15, -0.1) is 0 Å². The molecular formula is C17H18BrNO3S. The molecule has 6 heteroatoms. The van der Waals surface area contributed by atoms with E-state index in [0.717, 1.165) is 21.7 Å². The van der Waals surface area contributed by atoms with Gasteiger partial charge in [0.1, 0.15) is 23.9 Å². The number of likely N-dealkylation sites (N-methyl/N-ethyl adjacent to an activating group) is 1. The lowest BCUT2D eigenvalue weighted by Crippen LogP contribution is -2.30. The molecule has 0 fully saturated rings. The van der Waals surface area contributed by atoms with E-state index in [1.807, 2.05) is 55.5 Å². The Bertz CT molecular complexity index is 649. The van der Waals surface area contributed by atoms with E-state index in [4.69, 9.17) is 9.47 Å². The van der Waals surface area contributed by atoms with Crippen LogP contribution in [0, 0.1) is 0 Å². The lowest BCUT2D eigenvalue weighted by molar-refractivity contribution is 0.208. The Hall–Kier alpha value is -1.66. The number of benzene rings is 2. The van der Waals surface area contributed by atoms with Crippen molar-refractivity contribution in [1.82, 2.24) is 4.90 Å². The molecule has 0 bridgehead atoms. The van der Waals surface area contributed by atoms with Crippen LogP contribution in [0.1, 0.15) is 6.92 Å². The van der Waals surface area contributed by atoms with Crippen molar-refractivity contribution >= 4 is 33.8 Å². The molecule has 2 rings (SSSR count). The highest BCUT2D eigenvalue weighted by atomic mass is 79.9. The van der Waals surface area contributed by atoms with Gasteiger partial charge in [-0.1, -0.05) is 34.6 Å². The van der Waals surface area contributed by atoms with Gasteiger partial charge < -0.3 is 14.4 Å². The average Bonchev–Trinajstić information content (AvgIpc) is 2.53. The van der Waals surface area contributed by atoms with Crippen LogP contribution in [-0.2, 0) is 0 Å². The van der Waals surface area contributed by atoms with Gasteiger partial charge in [0.05, 0.1) is 6.54 Å². The number of rotatable bonds is 7. The van der Waals surface area contributed by atoms with E-state index in [0.29, 0.717) is 19.7 Å². The lowest BCUT2D eigenvalue weighted by Gasteiger charge is -2.18. The Morgan fingerprint density at radius 2 is 1.83 bits per heavy atom. The molecule has 0 aromatic heterocycles. The molecule has 0 unspecified atom stereocenters. The molecule has 0 radical (unpaired) electrons. The maximum atomic E-state index is 11.2. The smallest absolute Gasteiger partial charge is 0.278 e. The van der Waals surface area contributed by atoms with Crippen LogP contribution in [0.3, 0.4) is 0 Å². The molecule has 0 heterocycles. The number of halogens is 1. The summed E-state index contributed by atoms with van der Waals surface area (Å²) in [5.74, 6) is 2.23. The lowest BCUT2D eigenvalue weighted by atomic mass is 10.3. The van der Waals surface area contributed by atoms with Gasteiger partial charge in [-0.2, -0.15) is 0 Å². The fourth-order valence-electron chi connectivity index (χ4n) is 1.93. The molecule has 0 aliphatic heterocycles. The summed E-state index contributed by atoms with van der Waals surface area (Å²) >= 11 is 7.22. The van der Waals surface area contributed by atoms with Crippen molar-refractivity contribution < 1.29 is 14.3 Å². The fraction of sp³-hybridized carbons (Fsp3) is 0.235. The van der Waals surface area contributed by atoms with E-state index in [9.17, 15) is 4.79 Å². The van der Waals surface area contributed by atoms with Gasteiger partial charge >= 0.3 is 0 Å². The van der Waals surface area contributed by atoms with Gasteiger partial charge in [-0.3, -0.25) is 4.79 Å². The van der Waals surface area contributed by atoms with Gasteiger partial charge in [-0.25, -0.2) is 0 Å². The number of nitrogens with zero attached hydrogens (tertiary/aromatic N) is 1. The van der Waals surface area contributed by atoms with Crippen molar-refractivity contribution in [2.75, 3.05) is 19.7 Å². The maximum absolute atomic E-state index is 11.2. The summed E-state index contributed by atoms with van der Waals surface area (Å²) in [5.41, 5.74) is 0. The van der Waals surface area contributed by atoms with Crippen LogP contribution in [0.15, 0.2) is 53.0 Å². The first-order valence-electron chi connectivity index (χ1n) is 7.22. The summed E-state index contributed by atoms with van der Waals surface area (Å²) in [6.45, 7) is 3.45. The highest BCUT2D eigenvalue weighted by molar-refractivity contribution is 9.10. The number of ether oxygens (including phenoxy) is 2. The van der Waals surface area contributed by atoms with Gasteiger partial charge in [0, 0.05) is 11.0 Å². The van der Waals surface area contributed by atoms with Crippen LogP contribution in [0.5, 0.6) is 17.2 Å². The van der Waals surface area contributed by atoms with Crippen LogP contribution < -0.4 is 9.47 Å². The summed E-state index contributed by atoms with van der Waals surface area (Å²) in [4.78, 5) is 12.8. The third kappa shape index (κ3) is 5.80. The second-order valence-corrected chi connectivity index (χ2v) is 6.04. The molecule has 0 N–H and O–H groups in total. The zero-order valence-electron chi connectivity index (χ0n) is 12.7. The van der Waals surface area contributed by atoms with Crippen LogP contribution in [0.2, 0.25) is 0 Å². The summed E-state index contributed by atoms with van der Waals surface area (Å²) in [6.07, 6.45) is 0. The predicted molar refractivity (Wildman–Crippen MR) is 97.8 cm³/mol. The zero-order valence-corrected chi connectivity index (χ0v) is 15.2. The molecule has 0 saturated carbocycles. The quantitative estimate of drug-likeness (QED) is 0.670. The van der Waals surface area contributed by atoms with E-state index >= 15 is 0 Å². The first-order chi connectivity index (χ1) is 11.1. The Balaban J connectivity index is 1.86. The third-order valence-corrected chi connectivity index (χ3v) is 3.91. The van der Waals surface area contributed by atoms with Gasteiger partial charge in [0.15, 0.2) is 0 Å². The largest absolute Gasteiger partial charge is 0.492 e. The van der Waals surface area contributed by atoms with Crippen LogP contribution >= 0.6 is 28.6 Å². The van der Waals surface area contributed by atoms with Crippen molar-refractivity contribution in [1.29, 1.82) is 0 Å². The van der Waals surface area contributed by atoms with E-state index in [-0.39, 0.29) is 5.24 Å². The van der Waals surface area contributed by atoms with Gasteiger partial charge in [0.25, 0.3) is 5.24 Å². The fourth-order valence-corrected chi connectivity index (χ4v) is 2.55. The molecular weight excluding hydrogens is 378 g/mol. The van der Waals surface area contributed by atoms with Crippen LogP contribution in [0.4, 0.5) is 4.79 Å². The Morgan fingerprint density at radius 3 is 2.43 bits per heavy atom. The van der Waals surface area contributed by atoms with E-state index in [2.05, 4.69) is 28.6 Å². The molecule has 4 nitrogen and oxygen atoms in total. The number of carbonyl (C=O) groups excluding carboxylic acids is 1. The predicted octanol–water partition coefficient (Wildman–Crippen LogP) is 4.99. The zero-order chi connectivity index (χ0) is 16.7. The van der Waals surface area contributed by atoms with Gasteiger partial charge in [0.2, 0.25) is 0 Å². The number of carbonyl (C=O) groups is 1. The first kappa shape index (κ1) is 17.7. The Labute approximate surface area is 149 Å². The highest BCUT2D eigenvalue weighted by Crippen LogP contribution is 2.25. The third-order valence-electron chi connectivity index (χ3n) is 3.14. The molecule has 1 amide bonds. The minimum atomic E-state index is -0.242. The molecule has 2 aromatic carbocycles. The van der Waals surface area contributed by atoms with E-state index in [1.165, 1.54) is 0 Å². The summed E-state index contributed by atoms with van der Waals surface area (Å²) in [7, 11) is 0. The molecule has 0 aliphatic carbocycles. The van der Waals surface area contributed by atoms with Gasteiger partial charge in [-0.05, 0) is 49.4 Å². The standard InChI is InChI=1S/C17H18BrNO3S/c1-2-19(17(20)23)10-11-21-14-6-8-15(9-7-14)22-16-5-3-4-13(18)12-16/h3-9,12H,2,10-11H2,1H3,(H,20,23). The number of amides is 1. The number of thiol groups is 1. The maximum Gasteiger partial charge on any atom is 0.278 e. The summed E-state index contributed by atoms with van der Waals surface area (Å²) in [5, 5.41) is -0.242. The average molecular weight is 396 g/mol. The molecule has 0 atom stereocenters. The van der Waals surface area contributed by atoms with Crippen LogP contribution in [0.25, 0.3) is 0 Å². The van der Waals surface area contributed by atoms with Crippen molar-refractivity contribution in [2.45, 2.75) is 6.92 Å².